The lowest BCUT2D eigenvalue weighted by molar-refractivity contribution is -0.137. The topological polar surface area (TPSA) is 124 Å². The highest BCUT2D eigenvalue weighted by molar-refractivity contribution is 5.88. The molecule has 3 aliphatic rings. The number of benzene rings is 3. The van der Waals surface area contributed by atoms with E-state index in [0.717, 1.165) is 33.5 Å². The number of hydrogen-bond acceptors (Lipinski definition) is 8. The van der Waals surface area contributed by atoms with E-state index in [1.165, 1.54) is 11.1 Å². The van der Waals surface area contributed by atoms with Gasteiger partial charge in [-0.3, -0.25) is 14.8 Å². The molecule has 5 heterocycles. The first-order chi connectivity index (χ1) is 25.0. The monoisotopic (exact) mass is 679 g/mol. The smallest absolute Gasteiger partial charge is 0.410 e. The molecular formula is C39H37N9O3. The molecule has 0 bridgehead atoms. The van der Waals surface area contributed by atoms with Gasteiger partial charge in [0.1, 0.15) is 18.2 Å². The Hall–Kier alpha value is -6.17. The van der Waals surface area contributed by atoms with Gasteiger partial charge < -0.3 is 19.9 Å². The lowest BCUT2D eigenvalue weighted by Crippen LogP contribution is -2.54. The Morgan fingerprint density at radius 2 is 1.57 bits per heavy atom. The second kappa shape index (κ2) is 12.6. The van der Waals surface area contributed by atoms with Gasteiger partial charge in [0.15, 0.2) is 11.6 Å². The largest absolute Gasteiger partial charge is 0.448 e. The zero-order valence-corrected chi connectivity index (χ0v) is 28.2. The second-order valence-corrected chi connectivity index (χ2v) is 13.3. The number of aromatic amines is 1. The van der Waals surface area contributed by atoms with Crippen LogP contribution in [0.2, 0.25) is 0 Å². The molecule has 0 saturated carbocycles. The Kier molecular flexibility index (Phi) is 7.63. The lowest BCUT2D eigenvalue weighted by Gasteiger charge is -2.41. The van der Waals surface area contributed by atoms with Crippen molar-refractivity contribution in [1.29, 1.82) is 0 Å². The van der Waals surface area contributed by atoms with E-state index in [1.54, 1.807) is 9.42 Å². The summed E-state index contributed by atoms with van der Waals surface area (Å²) in [5, 5.41) is 15.3. The van der Waals surface area contributed by atoms with Gasteiger partial charge in [-0.05, 0) is 58.9 Å². The number of nitrogens with zero attached hydrogens (tertiary/aromatic N) is 7. The first-order valence-corrected chi connectivity index (χ1v) is 17.4. The van der Waals surface area contributed by atoms with Crippen molar-refractivity contribution < 1.29 is 14.3 Å². The molecular weight excluding hydrogens is 642 g/mol. The molecule has 3 aromatic heterocycles. The van der Waals surface area contributed by atoms with E-state index in [2.05, 4.69) is 44.7 Å². The maximum atomic E-state index is 14.5. The molecule has 1 aliphatic carbocycles. The van der Waals surface area contributed by atoms with Crippen molar-refractivity contribution in [1.82, 2.24) is 34.6 Å². The number of anilines is 3. The number of hydrogen-bond donors (Lipinski definition) is 2. The van der Waals surface area contributed by atoms with Gasteiger partial charge in [-0.25, -0.2) is 9.31 Å². The van der Waals surface area contributed by atoms with Crippen molar-refractivity contribution >= 4 is 35.1 Å². The molecule has 0 unspecified atom stereocenters. The van der Waals surface area contributed by atoms with E-state index in [1.807, 2.05) is 84.8 Å². The number of carbonyl (C=O) groups excluding carboxylic acids is 2. The Balaban J connectivity index is 0.924. The Labute approximate surface area is 294 Å². The molecule has 1 atom stereocenters. The van der Waals surface area contributed by atoms with Crippen molar-refractivity contribution in [2.24, 2.45) is 0 Å². The molecule has 1 fully saturated rings. The van der Waals surface area contributed by atoms with Crippen LogP contribution in [0.5, 0.6) is 0 Å². The minimum absolute atomic E-state index is 0.0623. The number of aromatic nitrogens is 5. The Bertz CT molecular complexity index is 2230. The van der Waals surface area contributed by atoms with Gasteiger partial charge in [0.2, 0.25) is 11.9 Å². The van der Waals surface area contributed by atoms with Crippen molar-refractivity contribution in [3.8, 4) is 11.1 Å². The predicted octanol–water partition coefficient (Wildman–Crippen LogP) is 5.70. The van der Waals surface area contributed by atoms with Crippen molar-refractivity contribution in [3.05, 3.63) is 125 Å². The summed E-state index contributed by atoms with van der Waals surface area (Å²) in [7, 11) is 0. The summed E-state index contributed by atoms with van der Waals surface area (Å²) in [4.78, 5) is 38.9. The third-order valence-corrected chi connectivity index (χ3v) is 10.3. The van der Waals surface area contributed by atoms with E-state index < -0.39 is 12.1 Å². The number of piperazine rings is 1. The molecule has 51 heavy (non-hydrogen) atoms. The summed E-state index contributed by atoms with van der Waals surface area (Å²) in [5.41, 5.74) is 8.36. The van der Waals surface area contributed by atoms with Crippen LogP contribution in [-0.4, -0.2) is 85.9 Å². The normalized spacial score (nSPS) is 16.9. The van der Waals surface area contributed by atoms with Crippen LogP contribution in [0.25, 0.3) is 16.6 Å². The average Bonchev–Trinajstić information content (AvgIpc) is 3.90. The van der Waals surface area contributed by atoms with Gasteiger partial charge in [0, 0.05) is 56.6 Å². The molecule has 12 heteroatoms. The molecule has 3 aromatic carbocycles. The van der Waals surface area contributed by atoms with Gasteiger partial charge >= 0.3 is 6.09 Å². The number of carbonyl (C=O) groups is 2. The molecule has 0 radical (unpaired) electrons. The number of amides is 2. The molecule has 1 saturated heterocycles. The minimum atomic E-state index is -0.766. The van der Waals surface area contributed by atoms with Crippen LogP contribution in [-0.2, 0) is 16.0 Å². The van der Waals surface area contributed by atoms with E-state index in [4.69, 9.17) is 14.8 Å². The zero-order chi connectivity index (χ0) is 34.5. The van der Waals surface area contributed by atoms with E-state index in [-0.39, 0.29) is 18.4 Å². The summed E-state index contributed by atoms with van der Waals surface area (Å²) >= 11 is 0. The molecule has 12 nitrogen and oxygen atoms in total. The highest BCUT2D eigenvalue weighted by atomic mass is 16.6. The molecule has 9 rings (SSSR count). The number of aryl methyl sites for hydroxylation is 1. The summed E-state index contributed by atoms with van der Waals surface area (Å²) in [6.07, 6.45) is 2.08. The third kappa shape index (κ3) is 5.52. The minimum Gasteiger partial charge on any atom is -0.448 e. The molecule has 256 valence electrons. The molecule has 2 N–H and O–H groups in total. The van der Waals surface area contributed by atoms with Crippen LogP contribution in [0.1, 0.15) is 39.9 Å². The van der Waals surface area contributed by atoms with Gasteiger partial charge in [-0.15, -0.1) is 5.10 Å². The SMILES string of the molecule is Cc1cc(Nc2nc(N3CCN(C(=O)[C@H]4c5ccccc5CCN4C(=O)OCC4c5ccccc5-c5ccccc54)CC3)nn3cccc23)n[nH]1. The maximum Gasteiger partial charge on any atom is 0.410 e. The van der Waals surface area contributed by atoms with E-state index in [9.17, 15) is 9.59 Å². The van der Waals surface area contributed by atoms with E-state index >= 15 is 0 Å². The fourth-order valence-electron chi connectivity index (χ4n) is 7.76. The summed E-state index contributed by atoms with van der Waals surface area (Å²) < 4.78 is 7.90. The lowest BCUT2D eigenvalue weighted by atomic mass is 9.92. The quantitative estimate of drug-likeness (QED) is 0.230. The van der Waals surface area contributed by atoms with Crippen LogP contribution in [0.3, 0.4) is 0 Å². The fourth-order valence-corrected chi connectivity index (χ4v) is 7.76. The summed E-state index contributed by atoms with van der Waals surface area (Å²) in [6.45, 7) is 4.56. The van der Waals surface area contributed by atoms with Crippen LogP contribution in [0.4, 0.5) is 22.4 Å². The van der Waals surface area contributed by atoms with Crippen molar-refractivity contribution in [3.63, 3.8) is 0 Å². The standard InChI is InChI=1S/C39H37N9O3/c1-25-23-34(43-42-25)40-36-33-15-8-17-48(33)44-38(41-36)46-21-19-45(20-22-46)37(49)35-27-10-3-2-9-26(27)16-18-47(35)39(50)51-24-32-30-13-6-4-11-28(30)29-12-5-7-14-31(29)32/h2-15,17,23,32,35H,16,18-22,24H2,1H3,(H2,40,41,42,43,44)/t35-/m1/s1. The molecule has 2 aliphatic heterocycles. The van der Waals surface area contributed by atoms with Gasteiger partial charge in [-0.2, -0.15) is 10.1 Å². The zero-order valence-electron chi connectivity index (χ0n) is 28.2. The first kappa shape index (κ1) is 30.9. The number of rotatable bonds is 6. The van der Waals surface area contributed by atoms with Gasteiger partial charge in [0.25, 0.3) is 0 Å². The number of ether oxygens (including phenoxy) is 1. The van der Waals surface area contributed by atoms with Gasteiger partial charge in [0.05, 0.1) is 0 Å². The number of nitrogens with one attached hydrogen (secondary N) is 2. The third-order valence-electron chi connectivity index (χ3n) is 10.3. The fraction of sp³-hybridized carbons (Fsp3) is 0.256. The highest BCUT2D eigenvalue weighted by Gasteiger charge is 2.40. The van der Waals surface area contributed by atoms with Crippen LogP contribution in [0, 0.1) is 6.92 Å². The summed E-state index contributed by atoms with van der Waals surface area (Å²) in [5.74, 6) is 1.71. The van der Waals surface area contributed by atoms with Crippen molar-refractivity contribution in [2.75, 3.05) is 49.5 Å². The first-order valence-electron chi connectivity index (χ1n) is 17.4. The van der Waals surface area contributed by atoms with Crippen molar-refractivity contribution in [2.45, 2.75) is 25.3 Å². The molecule has 2 amide bonds. The maximum absolute atomic E-state index is 14.5. The summed E-state index contributed by atoms with van der Waals surface area (Å²) in [6, 6.07) is 29.5. The number of fused-ring (bicyclic) bond motifs is 5. The average molecular weight is 680 g/mol. The van der Waals surface area contributed by atoms with Crippen LogP contribution >= 0.6 is 0 Å². The Morgan fingerprint density at radius 3 is 2.29 bits per heavy atom. The Morgan fingerprint density at radius 1 is 0.863 bits per heavy atom. The highest BCUT2D eigenvalue weighted by Crippen LogP contribution is 2.45. The van der Waals surface area contributed by atoms with Crippen LogP contribution < -0.4 is 10.2 Å². The number of H-pyrrole nitrogens is 1. The molecule has 0 spiro atoms. The van der Waals surface area contributed by atoms with Gasteiger partial charge in [-0.1, -0.05) is 72.8 Å². The van der Waals surface area contributed by atoms with E-state index in [0.29, 0.717) is 56.7 Å². The van der Waals surface area contributed by atoms with Crippen LogP contribution in [0.15, 0.2) is 97.2 Å². The molecule has 6 aromatic rings. The second-order valence-electron chi connectivity index (χ2n) is 13.3. The predicted molar refractivity (Wildman–Crippen MR) is 193 cm³/mol.